The van der Waals surface area contributed by atoms with Crippen molar-refractivity contribution in [3.8, 4) is 5.75 Å². The first-order valence-corrected chi connectivity index (χ1v) is 10.3. The third-order valence-corrected chi connectivity index (χ3v) is 4.54. The molecule has 2 amide bonds. The van der Waals surface area contributed by atoms with Gasteiger partial charge in [-0.2, -0.15) is 5.10 Å². The maximum absolute atomic E-state index is 12.6. The summed E-state index contributed by atoms with van der Waals surface area (Å²) in [5.74, 6) is -0.585. The fourth-order valence-electron chi connectivity index (χ4n) is 2.65. The minimum Gasteiger partial charge on any atom is -0.482 e. The van der Waals surface area contributed by atoms with Crippen LogP contribution in [0, 0.1) is 5.92 Å². The predicted octanol–water partition coefficient (Wildman–Crippen LogP) is 3.19. The van der Waals surface area contributed by atoms with Gasteiger partial charge in [-0.05, 0) is 66.4 Å². The van der Waals surface area contributed by atoms with Crippen LogP contribution < -0.4 is 15.5 Å². The van der Waals surface area contributed by atoms with Crippen molar-refractivity contribution in [2.45, 2.75) is 26.3 Å². The summed E-state index contributed by atoms with van der Waals surface area (Å²) in [6, 6.07) is 12.4. The molecular formula is C23H26ClN3O5. The van der Waals surface area contributed by atoms with Crippen LogP contribution >= 0.6 is 11.6 Å². The molecule has 0 heterocycles. The number of esters is 1. The molecule has 2 N–H and O–H groups in total. The van der Waals surface area contributed by atoms with Crippen LogP contribution in [-0.4, -0.2) is 43.8 Å². The van der Waals surface area contributed by atoms with Crippen LogP contribution in [0.5, 0.6) is 5.75 Å². The third-order valence-electron chi connectivity index (χ3n) is 4.29. The fourth-order valence-corrected chi connectivity index (χ4v) is 2.77. The number of methoxy groups -OCH3 is 1. The lowest BCUT2D eigenvalue weighted by Crippen LogP contribution is -2.46. The summed E-state index contributed by atoms with van der Waals surface area (Å²) < 4.78 is 9.78. The summed E-state index contributed by atoms with van der Waals surface area (Å²) in [4.78, 5) is 36.2. The molecule has 0 spiro atoms. The molecule has 0 fully saturated rings. The van der Waals surface area contributed by atoms with E-state index in [-0.39, 0.29) is 18.4 Å². The van der Waals surface area contributed by atoms with Crippen molar-refractivity contribution in [1.29, 1.82) is 0 Å². The number of rotatable bonds is 10. The van der Waals surface area contributed by atoms with Crippen molar-refractivity contribution in [2.75, 3.05) is 13.7 Å². The number of amides is 2. The molecule has 0 aliphatic heterocycles. The standard InChI is InChI=1S/C23H26ClN3O5/c1-15(2)12-20(26-22(29)17-6-8-18(24)9-7-17)23(30)27-25-13-16-4-10-19(11-5-16)32-14-21(28)31-3/h4-11,13,15,20H,12,14H2,1-3H3,(H,26,29)(H,27,30). The van der Waals surface area contributed by atoms with Gasteiger partial charge in [0, 0.05) is 10.6 Å². The van der Waals surface area contributed by atoms with Crippen LogP contribution in [-0.2, 0) is 14.3 Å². The number of hydrazone groups is 1. The van der Waals surface area contributed by atoms with Gasteiger partial charge in [-0.25, -0.2) is 10.2 Å². The lowest BCUT2D eigenvalue weighted by atomic mass is 10.0. The fraction of sp³-hybridized carbons (Fsp3) is 0.304. The van der Waals surface area contributed by atoms with Crippen LogP contribution in [0.15, 0.2) is 53.6 Å². The molecule has 170 valence electrons. The largest absolute Gasteiger partial charge is 0.482 e. The maximum atomic E-state index is 12.6. The molecule has 1 atom stereocenters. The molecule has 1 unspecified atom stereocenters. The summed E-state index contributed by atoms with van der Waals surface area (Å²) in [6.07, 6.45) is 1.92. The van der Waals surface area contributed by atoms with Crippen LogP contribution in [0.25, 0.3) is 0 Å². The lowest BCUT2D eigenvalue weighted by Gasteiger charge is -2.19. The smallest absolute Gasteiger partial charge is 0.343 e. The second kappa shape index (κ2) is 12.5. The average molecular weight is 460 g/mol. The number of hydrogen-bond donors (Lipinski definition) is 2. The number of carbonyl (C=O) groups excluding carboxylic acids is 3. The van der Waals surface area contributed by atoms with Crippen LogP contribution in [0.4, 0.5) is 0 Å². The summed E-state index contributed by atoms with van der Waals surface area (Å²) in [5, 5.41) is 7.24. The molecular weight excluding hydrogens is 434 g/mol. The monoisotopic (exact) mass is 459 g/mol. The van der Waals surface area contributed by atoms with E-state index in [1.54, 1.807) is 48.5 Å². The Bertz CT molecular complexity index is 943. The summed E-state index contributed by atoms with van der Waals surface area (Å²) >= 11 is 5.85. The highest BCUT2D eigenvalue weighted by Gasteiger charge is 2.22. The first-order chi connectivity index (χ1) is 15.3. The third kappa shape index (κ3) is 8.39. The zero-order valence-corrected chi connectivity index (χ0v) is 18.9. The Morgan fingerprint density at radius 2 is 1.72 bits per heavy atom. The van der Waals surface area contributed by atoms with Gasteiger partial charge < -0.3 is 14.8 Å². The van der Waals surface area contributed by atoms with Crippen molar-refractivity contribution < 1.29 is 23.9 Å². The molecule has 0 aliphatic rings. The highest BCUT2D eigenvalue weighted by atomic mass is 35.5. The Balaban J connectivity index is 1.94. The Hall–Kier alpha value is -3.39. The van der Waals surface area contributed by atoms with Gasteiger partial charge in [-0.1, -0.05) is 25.4 Å². The van der Waals surface area contributed by atoms with Gasteiger partial charge in [0.1, 0.15) is 11.8 Å². The molecule has 8 nitrogen and oxygen atoms in total. The SMILES string of the molecule is COC(=O)COc1ccc(C=NNC(=O)C(CC(C)C)NC(=O)c2ccc(Cl)cc2)cc1. The van der Waals surface area contributed by atoms with Crippen molar-refractivity contribution >= 4 is 35.6 Å². The van der Waals surface area contributed by atoms with E-state index in [0.717, 1.165) is 0 Å². The molecule has 2 aromatic carbocycles. The Kier molecular flexibility index (Phi) is 9.69. The van der Waals surface area contributed by atoms with Gasteiger partial charge in [-0.15, -0.1) is 0 Å². The van der Waals surface area contributed by atoms with Crippen molar-refractivity contribution in [1.82, 2.24) is 10.7 Å². The van der Waals surface area contributed by atoms with Crippen molar-refractivity contribution in [2.24, 2.45) is 11.0 Å². The molecule has 2 rings (SSSR count). The number of nitrogens with one attached hydrogen (secondary N) is 2. The second-order valence-electron chi connectivity index (χ2n) is 7.33. The van der Waals surface area contributed by atoms with E-state index < -0.39 is 17.9 Å². The zero-order valence-electron chi connectivity index (χ0n) is 18.1. The molecule has 0 bridgehead atoms. The average Bonchev–Trinajstić information content (AvgIpc) is 2.77. The van der Waals surface area contributed by atoms with E-state index in [9.17, 15) is 14.4 Å². The van der Waals surface area contributed by atoms with E-state index in [4.69, 9.17) is 16.3 Å². The second-order valence-corrected chi connectivity index (χ2v) is 7.77. The van der Waals surface area contributed by atoms with Crippen LogP contribution in [0.3, 0.4) is 0 Å². The maximum Gasteiger partial charge on any atom is 0.343 e. The van der Waals surface area contributed by atoms with Gasteiger partial charge in [0.2, 0.25) is 0 Å². The number of carbonyl (C=O) groups is 3. The Morgan fingerprint density at radius 3 is 2.31 bits per heavy atom. The predicted molar refractivity (Wildman–Crippen MR) is 122 cm³/mol. The first kappa shape index (κ1) is 24.9. The lowest BCUT2D eigenvalue weighted by molar-refractivity contribution is -0.142. The van der Waals surface area contributed by atoms with E-state index >= 15 is 0 Å². The van der Waals surface area contributed by atoms with E-state index in [2.05, 4.69) is 20.6 Å². The summed E-state index contributed by atoms with van der Waals surface area (Å²) in [5.41, 5.74) is 3.59. The molecule has 0 aromatic heterocycles. The van der Waals surface area contributed by atoms with E-state index in [1.807, 2.05) is 13.8 Å². The minimum atomic E-state index is -0.746. The van der Waals surface area contributed by atoms with Crippen LogP contribution in [0.1, 0.15) is 36.2 Å². The summed E-state index contributed by atoms with van der Waals surface area (Å²) in [6.45, 7) is 3.74. The minimum absolute atomic E-state index is 0.179. The molecule has 0 saturated carbocycles. The first-order valence-electron chi connectivity index (χ1n) is 9.97. The van der Waals surface area contributed by atoms with E-state index in [0.29, 0.717) is 28.3 Å². The highest BCUT2D eigenvalue weighted by molar-refractivity contribution is 6.30. The number of hydrogen-bond acceptors (Lipinski definition) is 6. The Morgan fingerprint density at radius 1 is 1.06 bits per heavy atom. The number of nitrogens with zero attached hydrogens (tertiary/aromatic N) is 1. The van der Waals surface area contributed by atoms with Gasteiger partial charge >= 0.3 is 5.97 Å². The van der Waals surface area contributed by atoms with Gasteiger partial charge in [0.05, 0.1) is 13.3 Å². The molecule has 0 saturated heterocycles. The molecule has 0 radical (unpaired) electrons. The summed E-state index contributed by atoms with van der Waals surface area (Å²) in [7, 11) is 1.29. The van der Waals surface area contributed by atoms with Gasteiger partial charge in [-0.3, -0.25) is 9.59 Å². The molecule has 32 heavy (non-hydrogen) atoms. The molecule has 9 heteroatoms. The topological polar surface area (TPSA) is 106 Å². The highest BCUT2D eigenvalue weighted by Crippen LogP contribution is 2.12. The molecule has 0 aliphatic carbocycles. The Labute approximate surface area is 191 Å². The number of halogens is 1. The molecule has 2 aromatic rings. The van der Waals surface area contributed by atoms with Crippen molar-refractivity contribution in [3.05, 3.63) is 64.7 Å². The van der Waals surface area contributed by atoms with E-state index in [1.165, 1.54) is 13.3 Å². The zero-order chi connectivity index (χ0) is 23.5. The van der Waals surface area contributed by atoms with Crippen LogP contribution in [0.2, 0.25) is 5.02 Å². The van der Waals surface area contributed by atoms with Crippen molar-refractivity contribution in [3.63, 3.8) is 0 Å². The van der Waals surface area contributed by atoms with Gasteiger partial charge in [0.15, 0.2) is 6.61 Å². The number of ether oxygens (including phenoxy) is 2. The normalized spacial score (nSPS) is 11.8. The number of benzene rings is 2. The quantitative estimate of drug-likeness (QED) is 0.322. The van der Waals surface area contributed by atoms with Gasteiger partial charge in [0.25, 0.3) is 11.8 Å².